The first kappa shape index (κ1) is 42.9. The topological polar surface area (TPSA) is 166 Å². The number of benzene rings is 2. The number of imidazole rings is 1. The molecule has 0 unspecified atom stereocenters. The van der Waals surface area contributed by atoms with Gasteiger partial charge < -0.3 is 4.57 Å². The maximum Gasteiger partial charge on any atom is 0.330 e. The molecule has 0 spiro atoms. The van der Waals surface area contributed by atoms with Gasteiger partial charge in [0, 0.05) is 47.3 Å². The second kappa shape index (κ2) is 18.5. The summed E-state index contributed by atoms with van der Waals surface area (Å²) in [6.07, 6.45) is 0.335. The quantitative estimate of drug-likeness (QED) is 0.120. The predicted molar refractivity (Wildman–Crippen MR) is 238 cm³/mol. The number of fused-ring (bicyclic) bond motifs is 2. The van der Waals surface area contributed by atoms with Crippen molar-refractivity contribution in [3.8, 4) is 11.4 Å². The fourth-order valence-electron chi connectivity index (χ4n) is 6.57. The molecular formula is C43H42BrCl2N9O4. The Kier molecular flexibility index (Phi) is 13.4. The van der Waals surface area contributed by atoms with E-state index in [0.29, 0.717) is 68.5 Å². The number of hydrogen-bond acceptors (Lipinski definition) is 8. The number of aryl methyl sites for hydroxylation is 2. The molecule has 2 aromatic carbocycles. The molecule has 0 amide bonds. The minimum Gasteiger partial charge on any atom is -0.314 e. The SMILES string of the molecule is BrCc1ccccc1.Cc1ccc(-c2nc3c(c(=O)[nH]c(=O)n3C(C)C)n2Cc2ccccc2)c(Cl)n1.Cc1ccc(C2=Nc3c(c(=O)[nH]c(=O)n3C(C)C)C2)c(Cl)n1. The summed E-state index contributed by atoms with van der Waals surface area (Å²) in [7, 11) is 0. The van der Waals surface area contributed by atoms with Crippen LogP contribution in [0.1, 0.15) is 73.4 Å². The number of H-pyrrole nitrogens is 2. The van der Waals surface area contributed by atoms with E-state index in [4.69, 9.17) is 28.2 Å². The second-order valence-electron chi connectivity index (χ2n) is 14.4. The van der Waals surface area contributed by atoms with Crippen molar-refractivity contribution in [3.05, 3.63) is 171 Å². The van der Waals surface area contributed by atoms with E-state index in [1.807, 2.05) is 114 Å². The highest BCUT2D eigenvalue weighted by atomic mass is 79.9. The number of alkyl halides is 1. The van der Waals surface area contributed by atoms with Crippen LogP contribution >= 0.6 is 39.1 Å². The molecule has 1 aliphatic rings. The Morgan fingerprint density at radius 3 is 1.73 bits per heavy atom. The monoisotopic (exact) mass is 897 g/mol. The third-order valence-corrected chi connectivity index (χ3v) is 10.6. The number of hydrogen-bond donors (Lipinski definition) is 2. The number of halogens is 3. The zero-order chi connectivity index (χ0) is 42.5. The van der Waals surface area contributed by atoms with Gasteiger partial charge in [-0.05, 0) is 76.9 Å². The van der Waals surface area contributed by atoms with Crippen molar-refractivity contribution < 1.29 is 0 Å². The van der Waals surface area contributed by atoms with E-state index in [-0.39, 0.29) is 12.1 Å². The van der Waals surface area contributed by atoms with E-state index in [2.05, 4.69) is 53.0 Å². The van der Waals surface area contributed by atoms with Gasteiger partial charge in [-0.3, -0.25) is 28.7 Å². The fraction of sp³-hybridized carbons (Fsp3) is 0.256. The van der Waals surface area contributed by atoms with Crippen LogP contribution in [0, 0.1) is 13.8 Å². The molecule has 2 N–H and O–H groups in total. The highest BCUT2D eigenvalue weighted by Crippen LogP contribution is 2.31. The zero-order valence-corrected chi connectivity index (χ0v) is 36.4. The Bertz CT molecular complexity index is 2920. The molecular weight excluding hydrogens is 857 g/mol. The van der Waals surface area contributed by atoms with Gasteiger partial charge >= 0.3 is 11.4 Å². The van der Waals surface area contributed by atoms with E-state index >= 15 is 0 Å². The van der Waals surface area contributed by atoms with Crippen molar-refractivity contribution in [2.75, 3.05) is 0 Å². The molecule has 5 aromatic heterocycles. The zero-order valence-electron chi connectivity index (χ0n) is 33.3. The highest BCUT2D eigenvalue weighted by Gasteiger charge is 2.26. The van der Waals surface area contributed by atoms with Crippen LogP contribution < -0.4 is 22.5 Å². The van der Waals surface area contributed by atoms with Crippen molar-refractivity contribution in [2.45, 2.75) is 71.9 Å². The van der Waals surface area contributed by atoms with Gasteiger partial charge in [0.2, 0.25) is 0 Å². The first-order valence-corrected chi connectivity index (χ1v) is 20.7. The molecule has 304 valence electrons. The molecule has 1 aliphatic heterocycles. The third-order valence-electron chi connectivity index (χ3n) is 9.37. The predicted octanol–water partition coefficient (Wildman–Crippen LogP) is 8.27. The first-order chi connectivity index (χ1) is 28.2. The van der Waals surface area contributed by atoms with Crippen LogP contribution in [-0.4, -0.2) is 44.3 Å². The number of rotatable bonds is 7. The number of nitrogens with zero attached hydrogens (tertiary/aromatic N) is 7. The van der Waals surface area contributed by atoms with Gasteiger partial charge in [-0.15, -0.1) is 0 Å². The van der Waals surface area contributed by atoms with Crippen molar-refractivity contribution in [2.24, 2.45) is 4.99 Å². The van der Waals surface area contributed by atoms with Crippen LogP contribution in [0.25, 0.3) is 22.6 Å². The summed E-state index contributed by atoms with van der Waals surface area (Å²) in [5.74, 6) is 0.905. The molecule has 0 saturated heterocycles. The second-order valence-corrected chi connectivity index (χ2v) is 15.6. The Labute approximate surface area is 357 Å². The van der Waals surface area contributed by atoms with E-state index in [0.717, 1.165) is 22.3 Å². The molecule has 59 heavy (non-hydrogen) atoms. The number of pyridine rings is 2. The summed E-state index contributed by atoms with van der Waals surface area (Å²) in [5, 5.41) is 1.60. The molecule has 8 rings (SSSR count). The lowest BCUT2D eigenvalue weighted by molar-refractivity contribution is 0.565. The summed E-state index contributed by atoms with van der Waals surface area (Å²) < 4.78 is 4.76. The smallest absolute Gasteiger partial charge is 0.314 e. The number of aromatic nitrogens is 8. The summed E-state index contributed by atoms with van der Waals surface area (Å²) >= 11 is 16.0. The lowest BCUT2D eigenvalue weighted by Gasteiger charge is -2.12. The molecule has 0 bridgehead atoms. The first-order valence-electron chi connectivity index (χ1n) is 18.8. The van der Waals surface area contributed by atoms with Crippen LogP contribution in [0.3, 0.4) is 0 Å². The van der Waals surface area contributed by atoms with Crippen LogP contribution in [-0.2, 0) is 18.3 Å². The van der Waals surface area contributed by atoms with Gasteiger partial charge in [-0.2, -0.15) is 0 Å². The van der Waals surface area contributed by atoms with Crippen LogP contribution in [0.4, 0.5) is 5.82 Å². The minimum absolute atomic E-state index is 0.104. The fourth-order valence-corrected chi connectivity index (χ4v) is 7.53. The number of aliphatic imine (C=N–C) groups is 1. The van der Waals surface area contributed by atoms with Crippen molar-refractivity contribution in [1.82, 2.24) is 38.6 Å². The number of nitrogens with one attached hydrogen (secondary N) is 2. The lowest BCUT2D eigenvalue weighted by atomic mass is 10.1. The molecule has 0 aliphatic carbocycles. The van der Waals surface area contributed by atoms with Gasteiger partial charge in [0.05, 0.1) is 16.8 Å². The standard InChI is InChI=1S/C21H20ClN5O2.C15H15ClN4O2.C7H7Br/c1-12(2)27-19-16(20(28)25-21(27)29)26(11-14-7-5-4-6-8-14)18(24-19)15-10-9-13(3)23-17(15)22;1-7(2)20-13-10(14(21)19-15(20)22)6-11(18-13)9-5-4-8(3)17-12(9)16;8-6-7-4-2-1-3-5-7/h4-10,12H,11H2,1-3H3,(H,25,28,29);4-5,7H,6H2,1-3H3,(H,19,21,22);1-5H,6H2. The summed E-state index contributed by atoms with van der Waals surface area (Å²) in [4.78, 5) is 71.7. The van der Waals surface area contributed by atoms with Gasteiger partial charge in [0.1, 0.15) is 21.9 Å². The summed E-state index contributed by atoms with van der Waals surface area (Å²) in [6.45, 7) is 11.6. The van der Waals surface area contributed by atoms with Crippen molar-refractivity contribution in [1.29, 1.82) is 0 Å². The molecule has 0 fully saturated rings. The van der Waals surface area contributed by atoms with Gasteiger partial charge in [-0.25, -0.2) is 29.5 Å². The summed E-state index contributed by atoms with van der Waals surface area (Å²) in [6, 6.07) is 27.1. The minimum atomic E-state index is -0.485. The average molecular weight is 900 g/mol. The molecule has 13 nitrogen and oxygen atoms in total. The summed E-state index contributed by atoms with van der Waals surface area (Å²) in [5.41, 5.74) is 5.18. The Balaban J connectivity index is 0.000000171. The average Bonchev–Trinajstić information content (AvgIpc) is 3.78. The van der Waals surface area contributed by atoms with E-state index in [1.165, 1.54) is 14.7 Å². The van der Waals surface area contributed by atoms with Gasteiger partial charge in [-0.1, -0.05) is 99.8 Å². The maximum absolute atomic E-state index is 12.8. The molecule has 0 atom stereocenters. The van der Waals surface area contributed by atoms with E-state index < -0.39 is 22.5 Å². The van der Waals surface area contributed by atoms with Crippen molar-refractivity contribution >= 4 is 61.8 Å². The Morgan fingerprint density at radius 2 is 1.20 bits per heavy atom. The van der Waals surface area contributed by atoms with Gasteiger partial charge in [0.15, 0.2) is 11.2 Å². The number of aromatic amines is 2. The van der Waals surface area contributed by atoms with Crippen molar-refractivity contribution in [3.63, 3.8) is 0 Å². The maximum atomic E-state index is 12.8. The normalized spacial score (nSPS) is 11.9. The lowest BCUT2D eigenvalue weighted by Crippen LogP contribution is -2.32. The Morgan fingerprint density at radius 1 is 0.678 bits per heavy atom. The molecule has 0 saturated carbocycles. The highest BCUT2D eigenvalue weighted by molar-refractivity contribution is 9.08. The molecule has 7 aromatic rings. The van der Waals surface area contributed by atoms with E-state index in [1.54, 1.807) is 4.57 Å². The van der Waals surface area contributed by atoms with Crippen LogP contribution in [0.2, 0.25) is 10.3 Å². The van der Waals surface area contributed by atoms with Crippen LogP contribution in [0.5, 0.6) is 0 Å². The third kappa shape index (κ3) is 9.46. The van der Waals surface area contributed by atoms with Gasteiger partial charge in [0.25, 0.3) is 11.1 Å². The Hall–Kier alpha value is -5.70. The molecule has 6 heterocycles. The van der Waals surface area contributed by atoms with Crippen LogP contribution in [0.15, 0.2) is 109 Å². The molecule has 16 heteroatoms. The molecule has 0 radical (unpaired) electrons. The largest absolute Gasteiger partial charge is 0.330 e. The van der Waals surface area contributed by atoms with E-state index in [9.17, 15) is 19.2 Å².